The van der Waals surface area contributed by atoms with Gasteiger partial charge in [0.05, 0.1) is 0 Å². The molecule has 0 amide bonds. The van der Waals surface area contributed by atoms with Crippen LogP contribution in [0.4, 0.5) is 0 Å². The smallest absolute Gasteiger partial charge is 0.0146 e. The third-order valence-corrected chi connectivity index (χ3v) is 3.07. The van der Waals surface area contributed by atoms with Crippen LogP contribution in [0.3, 0.4) is 0 Å². The Kier molecular flexibility index (Phi) is 3.16. The van der Waals surface area contributed by atoms with Crippen LogP contribution in [0.2, 0.25) is 0 Å². The summed E-state index contributed by atoms with van der Waals surface area (Å²) in [6.45, 7) is 9.28. The lowest BCUT2D eigenvalue weighted by Crippen LogP contribution is -2.41. The lowest BCUT2D eigenvalue weighted by molar-refractivity contribution is 0.134. The SMILES string of the molecule is CC(C)C(C1CC1)N(C)C(C)C. The Morgan fingerprint density at radius 3 is 1.83 bits per heavy atom. The quantitative estimate of drug-likeness (QED) is 0.625. The summed E-state index contributed by atoms with van der Waals surface area (Å²) in [5.41, 5.74) is 0. The molecule has 0 spiro atoms. The van der Waals surface area contributed by atoms with Crippen LogP contribution in [-0.4, -0.2) is 24.0 Å². The van der Waals surface area contributed by atoms with Gasteiger partial charge in [-0.2, -0.15) is 0 Å². The van der Waals surface area contributed by atoms with E-state index in [9.17, 15) is 0 Å². The van der Waals surface area contributed by atoms with E-state index in [1.807, 2.05) is 0 Å². The van der Waals surface area contributed by atoms with Crippen molar-refractivity contribution >= 4 is 0 Å². The molecule has 1 heteroatoms. The maximum absolute atomic E-state index is 2.54. The Balaban J connectivity index is 2.52. The van der Waals surface area contributed by atoms with E-state index in [1.54, 1.807) is 0 Å². The topological polar surface area (TPSA) is 3.24 Å². The van der Waals surface area contributed by atoms with Crippen molar-refractivity contribution in [2.75, 3.05) is 7.05 Å². The Morgan fingerprint density at radius 2 is 1.58 bits per heavy atom. The van der Waals surface area contributed by atoms with Gasteiger partial charge in [0.1, 0.15) is 0 Å². The van der Waals surface area contributed by atoms with Crippen LogP contribution in [0.5, 0.6) is 0 Å². The van der Waals surface area contributed by atoms with Crippen LogP contribution in [0.25, 0.3) is 0 Å². The molecule has 0 aromatic carbocycles. The molecule has 1 aliphatic rings. The maximum Gasteiger partial charge on any atom is 0.0146 e. The summed E-state index contributed by atoms with van der Waals surface area (Å²) in [5.74, 6) is 1.81. The average Bonchev–Trinajstić information content (AvgIpc) is 2.70. The van der Waals surface area contributed by atoms with E-state index in [-0.39, 0.29) is 0 Å². The van der Waals surface area contributed by atoms with E-state index in [0.29, 0.717) is 6.04 Å². The van der Waals surface area contributed by atoms with Gasteiger partial charge in [0.2, 0.25) is 0 Å². The summed E-state index contributed by atoms with van der Waals surface area (Å²) in [6.07, 6.45) is 2.92. The van der Waals surface area contributed by atoms with E-state index < -0.39 is 0 Å². The molecule has 0 aliphatic heterocycles. The fraction of sp³-hybridized carbons (Fsp3) is 1.00. The highest BCUT2D eigenvalue weighted by atomic mass is 15.2. The number of nitrogens with zero attached hydrogens (tertiary/aromatic N) is 1. The summed E-state index contributed by atoms with van der Waals surface area (Å²) in [5, 5.41) is 0. The van der Waals surface area contributed by atoms with E-state index in [4.69, 9.17) is 0 Å². The predicted molar refractivity (Wildman–Crippen MR) is 54.2 cm³/mol. The minimum atomic E-state index is 0.693. The van der Waals surface area contributed by atoms with E-state index >= 15 is 0 Å². The molecule has 0 bridgehead atoms. The first-order chi connectivity index (χ1) is 5.54. The second-order valence-corrected chi connectivity index (χ2v) is 4.83. The van der Waals surface area contributed by atoms with Crippen LogP contribution in [0.1, 0.15) is 40.5 Å². The molecule has 1 unspecified atom stereocenters. The second-order valence-electron chi connectivity index (χ2n) is 4.83. The zero-order valence-corrected chi connectivity index (χ0v) is 9.17. The van der Waals surface area contributed by atoms with Crippen LogP contribution in [-0.2, 0) is 0 Å². The van der Waals surface area contributed by atoms with Crippen molar-refractivity contribution in [2.24, 2.45) is 11.8 Å². The number of hydrogen-bond donors (Lipinski definition) is 0. The van der Waals surface area contributed by atoms with Gasteiger partial charge in [0.25, 0.3) is 0 Å². The van der Waals surface area contributed by atoms with Crippen molar-refractivity contribution in [1.82, 2.24) is 4.90 Å². The van der Waals surface area contributed by atoms with Gasteiger partial charge in [0.15, 0.2) is 0 Å². The molecule has 1 saturated carbocycles. The Hall–Kier alpha value is -0.0400. The lowest BCUT2D eigenvalue weighted by Gasteiger charge is -2.34. The highest BCUT2D eigenvalue weighted by molar-refractivity contribution is 4.89. The standard InChI is InChI=1S/C11H23N/c1-8(2)11(10-6-7-10)12(5)9(3)4/h8-11H,6-7H2,1-5H3. The summed E-state index contributed by atoms with van der Waals surface area (Å²) in [6, 6.07) is 1.52. The molecule has 1 fully saturated rings. The van der Waals surface area contributed by atoms with E-state index in [2.05, 4.69) is 39.6 Å². The second kappa shape index (κ2) is 3.78. The molecule has 1 atom stereocenters. The molecule has 12 heavy (non-hydrogen) atoms. The summed E-state index contributed by atoms with van der Waals surface area (Å²) >= 11 is 0. The highest BCUT2D eigenvalue weighted by Crippen LogP contribution is 2.38. The van der Waals surface area contributed by atoms with Crippen molar-refractivity contribution in [3.63, 3.8) is 0 Å². The van der Waals surface area contributed by atoms with Gasteiger partial charge in [0, 0.05) is 12.1 Å². The zero-order valence-electron chi connectivity index (χ0n) is 9.17. The van der Waals surface area contributed by atoms with Gasteiger partial charge in [-0.25, -0.2) is 0 Å². The molecular formula is C11H23N. The minimum absolute atomic E-state index is 0.693. The van der Waals surface area contributed by atoms with Crippen molar-refractivity contribution in [1.29, 1.82) is 0 Å². The Morgan fingerprint density at radius 1 is 1.08 bits per heavy atom. The van der Waals surface area contributed by atoms with Crippen LogP contribution in [0, 0.1) is 11.8 Å². The monoisotopic (exact) mass is 169 g/mol. The lowest BCUT2D eigenvalue weighted by atomic mass is 9.97. The fourth-order valence-corrected chi connectivity index (χ4v) is 2.13. The van der Waals surface area contributed by atoms with Gasteiger partial charge >= 0.3 is 0 Å². The average molecular weight is 169 g/mol. The largest absolute Gasteiger partial charge is 0.300 e. The third kappa shape index (κ3) is 2.22. The Bertz CT molecular complexity index is 134. The van der Waals surface area contributed by atoms with Gasteiger partial charge < -0.3 is 4.90 Å². The Labute approximate surface area is 77.1 Å². The molecule has 0 saturated heterocycles. The van der Waals surface area contributed by atoms with Crippen molar-refractivity contribution in [2.45, 2.75) is 52.6 Å². The summed E-state index contributed by atoms with van der Waals surface area (Å²) in [4.78, 5) is 2.54. The first kappa shape index (κ1) is 10.0. The summed E-state index contributed by atoms with van der Waals surface area (Å²) in [7, 11) is 2.27. The molecule has 1 nitrogen and oxygen atoms in total. The van der Waals surface area contributed by atoms with Gasteiger partial charge in [-0.1, -0.05) is 13.8 Å². The van der Waals surface area contributed by atoms with Crippen molar-refractivity contribution < 1.29 is 0 Å². The first-order valence-corrected chi connectivity index (χ1v) is 5.26. The molecule has 72 valence electrons. The molecule has 0 aromatic rings. The summed E-state index contributed by atoms with van der Waals surface area (Å²) < 4.78 is 0. The number of hydrogen-bond acceptors (Lipinski definition) is 1. The molecular weight excluding hydrogens is 146 g/mol. The van der Waals surface area contributed by atoms with Gasteiger partial charge in [-0.05, 0) is 45.6 Å². The van der Waals surface area contributed by atoms with Crippen LogP contribution < -0.4 is 0 Å². The fourth-order valence-electron chi connectivity index (χ4n) is 2.13. The van der Waals surface area contributed by atoms with E-state index in [1.165, 1.54) is 12.8 Å². The third-order valence-electron chi connectivity index (χ3n) is 3.07. The minimum Gasteiger partial charge on any atom is -0.300 e. The molecule has 0 heterocycles. The first-order valence-electron chi connectivity index (χ1n) is 5.26. The van der Waals surface area contributed by atoms with Crippen molar-refractivity contribution in [3.05, 3.63) is 0 Å². The molecule has 0 radical (unpaired) electrons. The molecule has 0 N–H and O–H groups in total. The number of rotatable bonds is 4. The predicted octanol–water partition coefficient (Wildman–Crippen LogP) is 2.76. The maximum atomic E-state index is 2.54. The zero-order chi connectivity index (χ0) is 9.30. The van der Waals surface area contributed by atoms with Gasteiger partial charge in [-0.15, -0.1) is 0 Å². The molecule has 1 aliphatic carbocycles. The molecule has 0 aromatic heterocycles. The van der Waals surface area contributed by atoms with Gasteiger partial charge in [-0.3, -0.25) is 0 Å². The van der Waals surface area contributed by atoms with Crippen LogP contribution >= 0.6 is 0 Å². The normalized spacial score (nSPS) is 21.0. The van der Waals surface area contributed by atoms with Crippen LogP contribution in [0.15, 0.2) is 0 Å². The van der Waals surface area contributed by atoms with Crippen molar-refractivity contribution in [3.8, 4) is 0 Å². The molecule has 1 rings (SSSR count). The highest BCUT2D eigenvalue weighted by Gasteiger charge is 2.36. The van der Waals surface area contributed by atoms with E-state index in [0.717, 1.165) is 17.9 Å².